The standard InChI is InChI=1S/C10H10N3/c1-13(2)10-8-5-3-4-6-9(8)11-7-12-10/h3-6H,1-2H3. The highest BCUT2D eigenvalue weighted by Gasteiger charge is 2.03. The topological polar surface area (TPSA) is 29.0 Å². The zero-order valence-electron chi connectivity index (χ0n) is 7.65. The van der Waals surface area contributed by atoms with Gasteiger partial charge in [-0.1, -0.05) is 12.1 Å². The summed E-state index contributed by atoms with van der Waals surface area (Å²) in [5.74, 6) is 0.908. The fraction of sp³-hybridized carbons (Fsp3) is 0.200. The molecule has 0 amide bonds. The van der Waals surface area contributed by atoms with Crippen LogP contribution in [0.25, 0.3) is 10.9 Å². The Hall–Kier alpha value is -1.64. The van der Waals surface area contributed by atoms with Gasteiger partial charge in [0.25, 0.3) is 0 Å². The second-order valence-electron chi connectivity index (χ2n) is 3.06. The van der Waals surface area contributed by atoms with Gasteiger partial charge in [-0.15, -0.1) is 0 Å². The number of fused-ring (bicyclic) bond motifs is 1. The lowest BCUT2D eigenvalue weighted by Gasteiger charge is -2.12. The maximum Gasteiger partial charge on any atom is 0.200 e. The van der Waals surface area contributed by atoms with Crippen molar-refractivity contribution in [3.63, 3.8) is 0 Å². The van der Waals surface area contributed by atoms with Crippen LogP contribution in [0.4, 0.5) is 5.82 Å². The molecule has 0 spiro atoms. The van der Waals surface area contributed by atoms with Crippen LogP contribution in [-0.2, 0) is 0 Å². The number of para-hydroxylation sites is 1. The molecule has 0 saturated carbocycles. The van der Waals surface area contributed by atoms with Crippen molar-refractivity contribution in [1.82, 2.24) is 9.97 Å². The van der Waals surface area contributed by atoms with Crippen LogP contribution >= 0.6 is 0 Å². The lowest BCUT2D eigenvalue weighted by molar-refractivity contribution is 1.06. The molecule has 0 atom stereocenters. The van der Waals surface area contributed by atoms with Crippen molar-refractivity contribution in [2.75, 3.05) is 19.0 Å². The SMILES string of the molecule is CN(C)c1n[c]nc2ccccc12. The normalized spacial score (nSPS) is 10.3. The summed E-state index contributed by atoms with van der Waals surface area (Å²) in [6.45, 7) is 0. The third-order valence-electron chi connectivity index (χ3n) is 1.89. The van der Waals surface area contributed by atoms with Gasteiger partial charge in [0.05, 0.1) is 5.52 Å². The van der Waals surface area contributed by atoms with Gasteiger partial charge in [0, 0.05) is 19.5 Å². The van der Waals surface area contributed by atoms with E-state index in [9.17, 15) is 0 Å². The summed E-state index contributed by atoms with van der Waals surface area (Å²) in [5, 5.41) is 1.06. The summed E-state index contributed by atoms with van der Waals surface area (Å²) in [6, 6.07) is 7.92. The van der Waals surface area contributed by atoms with Crippen LogP contribution in [-0.4, -0.2) is 24.1 Å². The third-order valence-corrected chi connectivity index (χ3v) is 1.89. The van der Waals surface area contributed by atoms with E-state index in [0.29, 0.717) is 0 Å². The Kier molecular flexibility index (Phi) is 1.85. The van der Waals surface area contributed by atoms with E-state index < -0.39 is 0 Å². The zero-order valence-corrected chi connectivity index (χ0v) is 7.65. The van der Waals surface area contributed by atoms with Crippen LogP contribution in [0.5, 0.6) is 0 Å². The van der Waals surface area contributed by atoms with E-state index in [0.717, 1.165) is 16.7 Å². The summed E-state index contributed by atoms with van der Waals surface area (Å²) in [7, 11) is 3.92. The molecule has 1 aromatic carbocycles. The molecule has 13 heavy (non-hydrogen) atoms. The van der Waals surface area contributed by atoms with Gasteiger partial charge in [-0.05, 0) is 12.1 Å². The molecule has 1 aromatic heterocycles. The molecular weight excluding hydrogens is 162 g/mol. The van der Waals surface area contributed by atoms with Gasteiger partial charge in [0.2, 0.25) is 0 Å². The molecule has 0 aliphatic rings. The van der Waals surface area contributed by atoms with E-state index in [1.807, 2.05) is 43.3 Å². The lowest BCUT2D eigenvalue weighted by atomic mass is 10.2. The first kappa shape index (κ1) is 7.98. The molecule has 1 heterocycles. The average molecular weight is 172 g/mol. The van der Waals surface area contributed by atoms with Crippen LogP contribution < -0.4 is 4.90 Å². The summed E-state index contributed by atoms with van der Waals surface area (Å²) in [6.07, 6.45) is 2.64. The van der Waals surface area contributed by atoms with E-state index in [1.54, 1.807) is 0 Å². The molecule has 3 nitrogen and oxygen atoms in total. The summed E-state index contributed by atoms with van der Waals surface area (Å²) < 4.78 is 0. The third kappa shape index (κ3) is 1.33. The minimum absolute atomic E-state index is 0.908. The predicted octanol–water partition coefficient (Wildman–Crippen LogP) is 1.50. The number of aromatic nitrogens is 2. The number of hydrogen-bond donors (Lipinski definition) is 0. The Morgan fingerprint density at radius 3 is 2.69 bits per heavy atom. The van der Waals surface area contributed by atoms with Crippen molar-refractivity contribution in [2.45, 2.75) is 0 Å². The first-order chi connectivity index (χ1) is 6.29. The van der Waals surface area contributed by atoms with Crippen LogP contribution in [0.15, 0.2) is 24.3 Å². The van der Waals surface area contributed by atoms with Gasteiger partial charge in [0.1, 0.15) is 5.82 Å². The molecule has 0 unspecified atom stereocenters. The number of rotatable bonds is 1. The fourth-order valence-corrected chi connectivity index (χ4v) is 1.29. The van der Waals surface area contributed by atoms with Gasteiger partial charge in [0.15, 0.2) is 6.33 Å². The molecule has 0 saturated heterocycles. The number of hydrogen-bond acceptors (Lipinski definition) is 3. The van der Waals surface area contributed by atoms with Crippen molar-refractivity contribution in [2.24, 2.45) is 0 Å². The lowest BCUT2D eigenvalue weighted by Crippen LogP contribution is -2.11. The van der Waals surface area contributed by atoms with Gasteiger partial charge in [-0.2, -0.15) is 0 Å². The molecule has 0 bridgehead atoms. The van der Waals surface area contributed by atoms with Gasteiger partial charge in [-0.3, -0.25) is 0 Å². The minimum Gasteiger partial charge on any atom is -0.362 e. The van der Waals surface area contributed by atoms with Crippen molar-refractivity contribution < 1.29 is 0 Å². The van der Waals surface area contributed by atoms with Crippen molar-refractivity contribution in [3.8, 4) is 0 Å². The molecule has 1 radical (unpaired) electrons. The maximum absolute atomic E-state index is 4.10. The summed E-state index contributed by atoms with van der Waals surface area (Å²) in [5.41, 5.74) is 0.932. The largest absolute Gasteiger partial charge is 0.362 e. The fourth-order valence-electron chi connectivity index (χ4n) is 1.29. The highest BCUT2D eigenvalue weighted by Crippen LogP contribution is 2.19. The van der Waals surface area contributed by atoms with Crippen LogP contribution in [0, 0.1) is 6.33 Å². The number of anilines is 1. The van der Waals surface area contributed by atoms with Gasteiger partial charge >= 0.3 is 0 Å². The maximum atomic E-state index is 4.10. The molecule has 65 valence electrons. The second kappa shape index (κ2) is 3.01. The molecule has 0 aliphatic heterocycles. The van der Waals surface area contributed by atoms with Gasteiger partial charge in [-0.25, -0.2) is 9.97 Å². The van der Waals surface area contributed by atoms with E-state index in [2.05, 4.69) is 16.3 Å². The quantitative estimate of drug-likeness (QED) is 0.652. The summed E-state index contributed by atoms with van der Waals surface area (Å²) >= 11 is 0. The average Bonchev–Trinajstić information content (AvgIpc) is 2.17. The van der Waals surface area contributed by atoms with E-state index in [1.165, 1.54) is 0 Å². The highest BCUT2D eigenvalue weighted by atomic mass is 15.1. The monoisotopic (exact) mass is 172 g/mol. The molecule has 0 N–H and O–H groups in total. The van der Waals surface area contributed by atoms with E-state index in [4.69, 9.17) is 0 Å². The minimum atomic E-state index is 0.908. The van der Waals surface area contributed by atoms with Crippen molar-refractivity contribution in [1.29, 1.82) is 0 Å². The van der Waals surface area contributed by atoms with E-state index in [-0.39, 0.29) is 0 Å². The van der Waals surface area contributed by atoms with Crippen molar-refractivity contribution in [3.05, 3.63) is 30.6 Å². The van der Waals surface area contributed by atoms with Crippen LogP contribution in [0.1, 0.15) is 0 Å². The van der Waals surface area contributed by atoms with Crippen LogP contribution in [0.2, 0.25) is 0 Å². The molecule has 3 heteroatoms. The molecule has 2 rings (SSSR count). The number of nitrogens with zero attached hydrogens (tertiary/aromatic N) is 3. The summed E-state index contributed by atoms with van der Waals surface area (Å²) in [4.78, 5) is 10.1. The first-order valence-corrected chi connectivity index (χ1v) is 4.09. The smallest absolute Gasteiger partial charge is 0.200 e. The number of benzene rings is 1. The van der Waals surface area contributed by atoms with Gasteiger partial charge < -0.3 is 4.90 Å². The Bertz CT molecular complexity index is 418. The second-order valence-corrected chi connectivity index (χ2v) is 3.06. The van der Waals surface area contributed by atoms with E-state index >= 15 is 0 Å². The Morgan fingerprint density at radius 1 is 1.15 bits per heavy atom. The zero-order chi connectivity index (χ0) is 9.26. The predicted molar refractivity (Wildman–Crippen MR) is 52.7 cm³/mol. The first-order valence-electron chi connectivity index (χ1n) is 4.09. The Morgan fingerprint density at radius 2 is 1.92 bits per heavy atom. The van der Waals surface area contributed by atoms with Crippen molar-refractivity contribution >= 4 is 16.7 Å². The Labute approximate surface area is 77.0 Å². The molecular formula is C10H10N3. The highest BCUT2D eigenvalue weighted by molar-refractivity contribution is 5.88. The van der Waals surface area contributed by atoms with Crippen LogP contribution in [0.3, 0.4) is 0 Å². The molecule has 0 aliphatic carbocycles. The molecule has 0 fully saturated rings. The Balaban J connectivity index is 2.76. The molecule has 2 aromatic rings.